The van der Waals surface area contributed by atoms with Crippen LogP contribution >= 0.6 is 11.3 Å². The summed E-state index contributed by atoms with van der Waals surface area (Å²) in [5.41, 5.74) is 3.13. The Balaban J connectivity index is 1.17. The zero-order chi connectivity index (χ0) is 19.6. The van der Waals surface area contributed by atoms with Gasteiger partial charge in [0.25, 0.3) is 0 Å². The molecule has 1 aliphatic carbocycles. The molecule has 0 spiro atoms. The molecule has 6 heteroatoms. The summed E-state index contributed by atoms with van der Waals surface area (Å²) in [7, 11) is 2.30. The Morgan fingerprint density at radius 1 is 1.14 bits per heavy atom. The molecule has 0 radical (unpaired) electrons. The van der Waals surface area contributed by atoms with Crippen LogP contribution in [-0.2, 0) is 24.1 Å². The Labute approximate surface area is 178 Å². The number of nitrogens with zero attached hydrogens (tertiary/aromatic N) is 4. The predicted molar refractivity (Wildman–Crippen MR) is 119 cm³/mol. The molecule has 2 saturated heterocycles. The first kappa shape index (κ1) is 19.5. The summed E-state index contributed by atoms with van der Waals surface area (Å²) < 4.78 is 5.47. The number of hydrogen-bond acceptors (Lipinski definition) is 6. The van der Waals surface area contributed by atoms with Crippen LogP contribution in [0.3, 0.4) is 0 Å². The minimum atomic E-state index is 0.640. The molecule has 1 atom stereocenters. The monoisotopic (exact) mass is 412 g/mol. The van der Waals surface area contributed by atoms with Crippen LogP contribution in [0.4, 0.5) is 5.13 Å². The highest BCUT2D eigenvalue weighted by atomic mass is 32.1. The van der Waals surface area contributed by atoms with E-state index in [2.05, 4.69) is 52.2 Å². The summed E-state index contributed by atoms with van der Waals surface area (Å²) in [4.78, 5) is 13.7. The van der Waals surface area contributed by atoms with Crippen LogP contribution in [0.2, 0.25) is 0 Å². The van der Waals surface area contributed by atoms with E-state index in [1.165, 1.54) is 43.6 Å². The van der Waals surface area contributed by atoms with Gasteiger partial charge in [-0.3, -0.25) is 9.80 Å². The summed E-state index contributed by atoms with van der Waals surface area (Å²) >= 11 is 1.85. The van der Waals surface area contributed by atoms with E-state index >= 15 is 0 Å². The molecular weight excluding hydrogens is 380 g/mol. The lowest BCUT2D eigenvalue weighted by molar-refractivity contribution is 0.0840. The zero-order valence-corrected chi connectivity index (χ0v) is 18.2. The van der Waals surface area contributed by atoms with Gasteiger partial charge in [0.15, 0.2) is 5.13 Å². The van der Waals surface area contributed by atoms with Crippen molar-refractivity contribution in [1.82, 2.24) is 14.8 Å². The molecule has 1 aromatic heterocycles. The standard InChI is InChI=1S/C23H32N4OS/c1-25(17-22-15-24-23(29-22)26-9-11-28-12-10-26)20-7-4-8-27(16-20)21-13-18-5-2-3-6-19(18)14-21/h2-3,5-6,15,20-21H,4,7-14,16-17H2,1H3. The molecule has 29 heavy (non-hydrogen) atoms. The molecule has 2 aromatic rings. The van der Waals surface area contributed by atoms with Crippen molar-refractivity contribution < 1.29 is 4.74 Å². The SMILES string of the molecule is CN(Cc1cnc(N2CCOCC2)s1)C1CCCN(C2Cc3ccccc3C2)C1. The highest BCUT2D eigenvalue weighted by Crippen LogP contribution is 2.29. The third kappa shape index (κ3) is 4.36. The van der Waals surface area contributed by atoms with Crippen LogP contribution in [0.1, 0.15) is 28.8 Å². The second kappa shape index (κ2) is 8.72. The number of ether oxygens (including phenoxy) is 1. The van der Waals surface area contributed by atoms with Gasteiger partial charge in [-0.15, -0.1) is 11.3 Å². The van der Waals surface area contributed by atoms with Crippen LogP contribution in [0, 0.1) is 0 Å². The average Bonchev–Trinajstić information content (AvgIpc) is 3.41. The summed E-state index contributed by atoms with van der Waals surface area (Å²) in [6.45, 7) is 7.02. The number of hydrogen-bond donors (Lipinski definition) is 0. The number of anilines is 1. The van der Waals surface area contributed by atoms with Crippen molar-refractivity contribution in [2.24, 2.45) is 0 Å². The number of aromatic nitrogens is 1. The van der Waals surface area contributed by atoms with E-state index in [9.17, 15) is 0 Å². The fourth-order valence-corrected chi connectivity index (χ4v) is 6.14. The van der Waals surface area contributed by atoms with Crippen molar-refractivity contribution >= 4 is 16.5 Å². The normalized spacial score (nSPS) is 23.7. The fraction of sp³-hybridized carbons (Fsp3) is 0.609. The zero-order valence-electron chi connectivity index (χ0n) is 17.4. The topological polar surface area (TPSA) is 31.8 Å². The summed E-state index contributed by atoms with van der Waals surface area (Å²) in [5, 5.41) is 1.16. The smallest absolute Gasteiger partial charge is 0.185 e. The summed E-state index contributed by atoms with van der Waals surface area (Å²) in [5.74, 6) is 0. The van der Waals surface area contributed by atoms with E-state index in [4.69, 9.17) is 9.72 Å². The van der Waals surface area contributed by atoms with Gasteiger partial charge in [-0.1, -0.05) is 24.3 Å². The first-order valence-corrected chi connectivity index (χ1v) is 11.9. The van der Waals surface area contributed by atoms with Crippen molar-refractivity contribution in [1.29, 1.82) is 0 Å². The Kier molecular flexibility index (Phi) is 5.86. The van der Waals surface area contributed by atoms with Crippen molar-refractivity contribution in [3.8, 4) is 0 Å². The molecule has 0 bridgehead atoms. The lowest BCUT2D eigenvalue weighted by atomic mass is 10.0. The van der Waals surface area contributed by atoms with Crippen molar-refractivity contribution in [3.63, 3.8) is 0 Å². The number of morpholine rings is 1. The second-order valence-electron chi connectivity index (χ2n) is 8.75. The molecule has 1 aromatic carbocycles. The first-order chi connectivity index (χ1) is 14.3. The van der Waals surface area contributed by atoms with Gasteiger partial charge in [-0.25, -0.2) is 4.98 Å². The molecule has 0 N–H and O–H groups in total. The number of thiazole rings is 1. The molecule has 0 amide bonds. The number of fused-ring (bicyclic) bond motifs is 1. The quantitative estimate of drug-likeness (QED) is 0.754. The lowest BCUT2D eigenvalue weighted by Gasteiger charge is -2.40. The molecule has 3 aliphatic rings. The van der Waals surface area contributed by atoms with Gasteiger partial charge in [0, 0.05) is 49.3 Å². The highest BCUT2D eigenvalue weighted by Gasteiger charge is 2.31. The minimum Gasteiger partial charge on any atom is -0.378 e. The maximum Gasteiger partial charge on any atom is 0.185 e. The molecule has 2 aliphatic heterocycles. The number of likely N-dealkylation sites (N-methyl/N-ethyl adjacent to an activating group) is 1. The van der Waals surface area contributed by atoms with Gasteiger partial charge < -0.3 is 9.64 Å². The van der Waals surface area contributed by atoms with Gasteiger partial charge in [-0.05, 0) is 50.4 Å². The molecule has 3 heterocycles. The number of piperidine rings is 1. The lowest BCUT2D eigenvalue weighted by Crippen LogP contribution is -2.50. The van der Waals surface area contributed by atoms with Crippen LogP contribution in [-0.4, -0.2) is 73.3 Å². The van der Waals surface area contributed by atoms with Gasteiger partial charge >= 0.3 is 0 Å². The summed E-state index contributed by atoms with van der Waals surface area (Å²) in [6.07, 6.45) is 7.15. The average molecular weight is 413 g/mol. The van der Waals surface area contributed by atoms with Gasteiger partial charge in [0.1, 0.15) is 0 Å². The van der Waals surface area contributed by atoms with Gasteiger partial charge in [-0.2, -0.15) is 0 Å². The van der Waals surface area contributed by atoms with Crippen molar-refractivity contribution in [2.45, 2.75) is 44.3 Å². The van der Waals surface area contributed by atoms with E-state index in [-0.39, 0.29) is 0 Å². The van der Waals surface area contributed by atoms with E-state index in [0.717, 1.165) is 38.0 Å². The predicted octanol–water partition coefficient (Wildman–Crippen LogP) is 3.04. The van der Waals surface area contributed by atoms with Gasteiger partial charge in [0.2, 0.25) is 0 Å². The first-order valence-electron chi connectivity index (χ1n) is 11.0. The van der Waals surface area contributed by atoms with Crippen LogP contribution < -0.4 is 4.90 Å². The Bertz CT molecular complexity index is 794. The fourth-order valence-electron chi connectivity index (χ4n) is 5.11. The van der Waals surface area contributed by atoms with Gasteiger partial charge in [0.05, 0.1) is 13.2 Å². The largest absolute Gasteiger partial charge is 0.378 e. The minimum absolute atomic E-state index is 0.640. The van der Waals surface area contributed by atoms with Crippen LogP contribution in [0.15, 0.2) is 30.5 Å². The third-order valence-corrected chi connectivity index (χ3v) is 7.87. The molecule has 5 nitrogen and oxygen atoms in total. The second-order valence-corrected chi connectivity index (χ2v) is 9.84. The Morgan fingerprint density at radius 2 is 1.90 bits per heavy atom. The molecule has 2 fully saturated rings. The summed E-state index contributed by atoms with van der Waals surface area (Å²) in [6, 6.07) is 10.3. The Hall–Kier alpha value is -1.47. The van der Waals surface area contributed by atoms with Crippen LogP contribution in [0.25, 0.3) is 0 Å². The van der Waals surface area contributed by atoms with E-state index in [1.54, 1.807) is 11.1 Å². The maximum absolute atomic E-state index is 5.47. The van der Waals surface area contributed by atoms with E-state index in [1.807, 2.05) is 11.3 Å². The maximum atomic E-state index is 5.47. The van der Waals surface area contributed by atoms with Crippen LogP contribution in [0.5, 0.6) is 0 Å². The molecule has 0 saturated carbocycles. The van der Waals surface area contributed by atoms with E-state index in [0.29, 0.717) is 12.1 Å². The molecule has 156 valence electrons. The molecule has 5 rings (SSSR count). The molecular formula is C23H32N4OS. The molecule has 1 unspecified atom stereocenters. The van der Waals surface area contributed by atoms with Crippen molar-refractivity contribution in [2.75, 3.05) is 51.3 Å². The van der Waals surface area contributed by atoms with E-state index < -0.39 is 0 Å². The number of benzene rings is 1. The third-order valence-electron chi connectivity index (χ3n) is 6.83. The Morgan fingerprint density at radius 3 is 2.66 bits per heavy atom. The number of likely N-dealkylation sites (tertiary alicyclic amines) is 1. The van der Waals surface area contributed by atoms with Crippen molar-refractivity contribution in [3.05, 3.63) is 46.5 Å². The number of rotatable bonds is 5. The highest BCUT2D eigenvalue weighted by molar-refractivity contribution is 7.15.